The van der Waals surface area contributed by atoms with E-state index in [-0.39, 0.29) is 5.91 Å². The van der Waals surface area contributed by atoms with Crippen molar-refractivity contribution in [2.75, 3.05) is 12.4 Å². The van der Waals surface area contributed by atoms with Gasteiger partial charge in [-0.3, -0.25) is 4.79 Å². The highest BCUT2D eigenvalue weighted by Crippen LogP contribution is 2.30. The first kappa shape index (κ1) is 21.1. The van der Waals surface area contributed by atoms with E-state index in [4.69, 9.17) is 9.15 Å². The maximum Gasteiger partial charge on any atom is 0.255 e. The van der Waals surface area contributed by atoms with Gasteiger partial charge in [0.2, 0.25) is 5.89 Å². The number of oxazole rings is 1. The summed E-state index contributed by atoms with van der Waals surface area (Å²) >= 11 is 3.41. The van der Waals surface area contributed by atoms with Crippen LogP contribution in [0, 0.1) is 0 Å². The molecule has 5 nitrogen and oxygen atoms in total. The number of carbonyl (C=O) groups excluding carboxylic acids is 1. The number of carbonyl (C=O) groups is 1. The average Bonchev–Trinajstić information content (AvgIpc) is 3.22. The third-order valence-corrected chi connectivity index (χ3v) is 5.99. The summed E-state index contributed by atoms with van der Waals surface area (Å²) in [5.74, 6) is 1.46. The summed E-state index contributed by atoms with van der Waals surface area (Å²) in [7, 11) is 1.59. The highest BCUT2D eigenvalue weighted by Gasteiger charge is 2.13. The Labute approximate surface area is 189 Å². The first-order valence-corrected chi connectivity index (χ1v) is 10.9. The molecule has 1 N–H and O–H groups in total. The summed E-state index contributed by atoms with van der Waals surface area (Å²) in [6.07, 6.45) is 1.07. The lowest BCUT2D eigenvalue weighted by atomic mass is 9.98. The number of anilines is 1. The molecule has 4 aromatic rings. The molecular weight excluding hydrogens is 456 g/mol. The third-order valence-electron chi connectivity index (χ3n) is 5.37. The minimum absolute atomic E-state index is 0.212. The van der Waals surface area contributed by atoms with Gasteiger partial charge in [0.05, 0.1) is 11.6 Å². The number of aromatic nitrogens is 1. The molecule has 1 heterocycles. The van der Waals surface area contributed by atoms with Crippen LogP contribution < -0.4 is 10.1 Å². The Hall–Kier alpha value is -3.12. The molecule has 6 heteroatoms. The van der Waals surface area contributed by atoms with Gasteiger partial charge in [-0.1, -0.05) is 26.0 Å². The SMILES string of the molecule is CC[C@@H](C)c1ccc2oc(-c3cccc(NC(=O)c4ccc(OC)c(Br)c4)c3)nc2c1. The average molecular weight is 479 g/mol. The molecule has 0 spiro atoms. The van der Waals surface area contributed by atoms with Crippen molar-refractivity contribution in [3.63, 3.8) is 0 Å². The van der Waals surface area contributed by atoms with E-state index in [2.05, 4.69) is 52.2 Å². The molecule has 0 unspecified atom stereocenters. The predicted octanol–water partition coefficient (Wildman–Crippen LogP) is 7.03. The van der Waals surface area contributed by atoms with Gasteiger partial charge in [0.1, 0.15) is 11.3 Å². The summed E-state index contributed by atoms with van der Waals surface area (Å²) in [5, 5.41) is 2.93. The van der Waals surface area contributed by atoms with Gasteiger partial charge in [0, 0.05) is 16.8 Å². The molecule has 0 aliphatic heterocycles. The van der Waals surface area contributed by atoms with Crippen molar-refractivity contribution in [2.24, 2.45) is 0 Å². The zero-order chi connectivity index (χ0) is 22.0. The molecule has 1 atom stereocenters. The van der Waals surface area contributed by atoms with E-state index < -0.39 is 0 Å². The van der Waals surface area contributed by atoms with E-state index in [0.29, 0.717) is 28.8 Å². The summed E-state index contributed by atoms with van der Waals surface area (Å²) in [4.78, 5) is 17.3. The first-order valence-electron chi connectivity index (χ1n) is 10.1. The van der Waals surface area contributed by atoms with E-state index in [1.165, 1.54) is 5.56 Å². The van der Waals surface area contributed by atoms with Crippen LogP contribution in [0.25, 0.3) is 22.6 Å². The Kier molecular flexibility index (Phi) is 6.09. The highest BCUT2D eigenvalue weighted by molar-refractivity contribution is 9.10. The molecule has 0 radical (unpaired) electrons. The van der Waals surface area contributed by atoms with Gasteiger partial charge in [0.25, 0.3) is 5.91 Å². The summed E-state index contributed by atoms with van der Waals surface area (Å²) < 4.78 is 11.9. The quantitative estimate of drug-likeness (QED) is 0.322. The van der Waals surface area contributed by atoms with Crippen LogP contribution in [-0.4, -0.2) is 18.0 Å². The standard InChI is InChI=1S/C25H23BrN2O3/c1-4-15(2)16-8-11-23-21(14-16)28-25(31-23)18-6-5-7-19(12-18)27-24(29)17-9-10-22(30-3)20(26)13-17/h5-15H,4H2,1-3H3,(H,27,29)/t15-/m1/s1. The van der Waals surface area contributed by atoms with Gasteiger partial charge in [-0.25, -0.2) is 4.98 Å². The van der Waals surface area contributed by atoms with Gasteiger partial charge < -0.3 is 14.5 Å². The van der Waals surface area contributed by atoms with Crippen LogP contribution in [0.1, 0.15) is 42.1 Å². The summed E-state index contributed by atoms with van der Waals surface area (Å²) in [6.45, 7) is 4.38. The zero-order valence-electron chi connectivity index (χ0n) is 17.6. The van der Waals surface area contributed by atoms with Crippen molar-refractivity contribution in [1.82, 2.24) is 4.98 Å². The van der Waals surface area contributed by atoms with E-state index in [9.17, 15) is 4.79 Å². The van der Waals surface area contributed by atoms with Crippen LogP contribution in [0.15, 0.2) is 69.6 Å². The van der Waals surface area contributed by atoms with E-state index in [1.54, 1.807) is 25.3 Å². The topological polar surface area (TPSA) is 64.4 Å². The van der Waals surface area contributed by atoms with Gasteiger partial charge in [0.15, 0.2) is 5.58 Å². The zero-order valence-corrected chi connectivity index (χ0v) is 19.2. The van der Waals surface area contributed by atoms with E-state index >= 15 is 0 Å². The van der Waals surface area contributed by atoms with Crippen LogP contribution >= 0.6 is 15.9 Å². The Morgan fingerprint density at radius 1 is 1.16 bits per heavy atom. The Morgan fingerprint density at radius 3 is 2.74 bits per heavy atom. The summed E-state index contributed by atoms with van der Waals surface area (Å²) in [5.41, 5.74) is 4.83. The number of hydrogen-bond donors (Lipinski definition) is 1. The number of halogens is 1. The van der Waals surface area contributed by atoms with E-state index in [0.717, 1.165) is 27.6 Å². The Balaban J connectivity index is 1.58. The number of amides is 1. The molecule has 31 heavy (non-hydrogen) atoms. The lowest BCUT2D eigenvalue weighted by Crippen LogP contribution is -2.11. The minimum atomic E-state index is -0.212. The monoisotopic (exact) mass is 478 g/mol. The van der Waals surface area contributed by atoms with Crippen molar-refractivity contribution in [1.29, 1.82) is 0 Å². The van der Waals surface area contributed by atoms with Crippen molar-refractivity contribution in [2.45, 2.75) is 26.2 Å². The van der Waals surface area contributed by atoms with Crippen molar-refractivity contribution < 1.29 is 13.9 Å². The number of hydrogen-bond acceptors (Lipinski definition) is 4. The minimum Gasteiger partial charge on any atom is -0.496 e. The lowest BCUT2D eigenvalue weighted by Gasteiger charge is -2.08. The lowest BCUT2D eigenvalue weighted by molar-refractivity contribution is 0.102. The number of rotatable bonds is 6. The van der Waals surface area contributed by atoms with Crippen LogP contribution in [0.4, 0.5) is 5.69 Å². The van der Waals surface area contributed by atoms with Gasteiger partial charge >= 0.3 is 0 Å². The molecule has 1 aromatic heterocycles. The molecule has 3 aromatic carbocycles. The molecule has 158 valence electrons. The molecule has 0 aliphatic carbocycles. The fraction of sp³-hybridized carbons (Fsp3) is 0.200. The normalized spacial score (nSPS) is 12.0. The van der Waals surface area contributed by atoms with Crippen LogP contribution in [0.2, 0.25) is 0 Å². The summed E-state index contributed by atoms with van der Waals surface area (Å²) in [6, 6.07) is 18.8. The number of ether oxygens (including phenoxy) is 1. The molecule has 1 amide bonds. The second-order valence-electron chi connectivity index (χ2n) is 7.44. The smallest absolute Gasteiger partial charge is 0.255 e. The Bertz CT molecular complexity index is 1250. The van der Waals surface area contributed by atoms with Crippen molar-refractivity contribution in [3.8, 4) is 17.2 Å². The van der Waals surface area contributed by atoms with Crippen molar-refractivity contribution >= 4 is 38.6 Å². The van der Waals surface area contributed by atoms with Gasteiger partial charge in [-0.15, -0.1) is 0 Å². The third kappa shape index (κ3) is 4.49. The largest absolute Gasteiger partial charge is 0.496 e. The molecule has 0 fully saturated rings. The maximum absolute atomic E-state index is 12.7. The number of nitrogens with zero attached hydrogens (tertiary/aromatic N) is 1. The fourth-order valence-corrected chi connectivity index (χ4v) is 3.89. The fourth-order valence-electron chi connectivity index (χ4n) is 3.35. The molecule has 0 aliphatic rings. The van der Waals surface area contributed by atoms with E-state index in [1.807, 2.05) is 30.3 Å². The van der Waals surface area contributed by atoms with Crippen LogP contribution in [-0.2, 0) is 0 Å². The van der Waals surface area contributed by atoms with Gasteiger partial charge in [-0.2, -0.15) is 0 Å². The molecule has 0 saturated carbocycles. The molecular formula is C25H23BrN2O3. The van der Waals surface area contributed by atoms with Crippen molar-refractivity contribution in [3.05, 3.63) is 76.3 Å². The van der Waals surface area contributed by atoms with Crippen LogP contribution in [0.5, 0.6) is 5.75 Å². The number of nitrogens with one attached hydrogen (secondary N) is 1. The maximum atomic E-state index is 12.7. The Morgan fingerprint density at radius 2 is 2.00 bits per heavy atom. The molecule has 0 saturated heterocycles. The van der Waals surface area contributed by atoms with Gasteiger partial charge in [-0.05, 0) is 82.4 Å². The van der Waals surface area contributed by atoms with Crippen LogP contribution in [0.3, 0.4) is 0 Å². The predicted molar refractivity (Wildman–Crippen MR) is 127 cm³/mol. The first-order chi connectivity index (χ1) is 15.0. The highest BCUT2D eigenvalue weighted by atomic mass is 79.9. The second-order valence-corrected chi connectivity index (χ2v) is 8.29. The number of methoxy groups -OCH3 is 1. The number of benzene rings is 3. The molecule has 4 rings (SSSR count). The second kappa shape index (κ2) is 8.94. The molecule has 0 bridgehead atoms. The number of fused-ring (bicyclic) bond motifs is 1.